The standard InChI is InChI=1S/C12H18N2O3/c1-7(2)10(15)6-13-12(17)9-4-8(3)14-11(16)5-9/h4-5,7,10,15H,6H2,1-3H3,(H,13,17)(H,14,16). The Kier molecular flexibility index (Phi) is 4.45. The Bertz CT molecular complexity index is 451. The fourth-order valence-electron chi connectivity index (χ4n) is 1.35. The van der Waals surface area contributed by atoms with E-state index in [4.69, 9.17) is 0 Å². The van der Waals surface area contributed by atoms with Crippen LogP contribution in [0, 0.1) is 12.8 Å². The van der Waals surface area contributed by atoms with Crippen LogP contribution >= 0.6 is 0 Å². The molecule has 94 valence electrons. The average Bonchev–Trinajstić information content (AvgIpc) is 2.23. The molecular weight excluding hydrogens is 220 g/mol. The number of aliphatic hydroxyl groups is 1. The van der Waals surface area contributed by atoms with Crippen molar-refractivity contribution in [2.75, 3.05) is 6.54 Å². The van der Waals surface area contributed by atoms with E-state index in [0.717, 1.165) is 0 Å². The number of aromatic amines is 1. The molecule has 0 spiro atoms. The topological polar surface area (TPSA) is 82.2 Å². The predicted molar refractivity (Wildman–Crippen MR) is 65.0 cm³/mol. The van der Waals surface area contributed by atoms with Gasteiger partial charge in [-0.15, -0.1) is 0 Å². The highest BCUT2D eigenvalue weighted by Crippen LogP contribution is 2.01. The summed E-state index contributed by atoms with van der Waals surface area (Å²) in [7, 11) is 0. The first-order valence-electron chi connectivity index (χ1n) is 5.57. The third kappa shape index (κ3) is 4.03. The van der Waals surface area contributed by atoms with Crippen LogP contribution in [-0.2, 0) is 0 Å². The van der Waals surface area contributed by atoms with Gasteiger partial charge in [-0.25, -0.2) is 0 Å². The Balaban J connectivity index is 2.67. The molecule has 0 aromatic carbocycles. The van der Waals surface area contributed by atoms with Crippen LogP contribution in [0.15, 0.2) is 16.9 Å². The van der Waals surface area contributed by atoms with Gasteiger partial charge in [-0.1, -0.05) is 13.8 Å². The van der Waals surface area contributed by atoms with Gasteiger partial charge in [0.15, 0.2) is 0 Å². The molecule has 1 unspecified atom stereocenters. The fourth-order valence-corrected chi connectivity index (χ4v) is 1.35. The van der Waals surface area contributed by atoms with E-state index in [1.165, 1.54) is 6.07 Å². The lowest BCUT2D eigenvalue weighted by Crippen LogP contribution is -2.35. The van der Waals surface area contributed by atoms with Crippen molar-refractivity contribution in [3.05, 3.63) is 33.7 Å². The lowest BCUT2D eigenvalue weighted by Gasteiger charge is -2.15. The Morgan fingerprint density at radius 3 is 2.65 bits per heavy atom. The third-order valence-corrected chi connectivity index (χ3v) is 2.48. The lowest BCUT2D eigenvalue weighted by molar-refractivity contribution is 0.0871. The highest BCUT2D eigenvalue weighted by Gasteiger charge is 2.12. The van der Waals surface area contributed by atoms with E-state index < -0.39 is 6.10 Å². The minimum atomic E-state index is -0.581. The van der Waals surface area contributed by atoms with Crippen molar-refractivity contribution in [1.29, 1.82) is 0 Å². The number of H-pyrrole nitrogens is 1. The van der Waals surface area contributed by atoms with Gasteiger partial charge in [-0.3, -0.25) is 9.59 Å². The molecule has 0 aliphatic rings. The lowest BCUT2D eigenvalue weighted by atomic mass is 10.1. The molecule has 17 heavy (non-hydrogen) atoms. The van der Waals surface area contributed by atoms with E-state index >= 15 is 0 Å². The number of hydrogen-bond acceptors (Lipinski definition) is 3. The SMILES string of the molecule is Cc1cc(C(=O)NCC(O)C(C)C)cc(=O)[nH]1. The number of hydrogen-bond donors (Lipinski definition) is 3. The molecule has 1 heterocycles. The molecule has 5 nitrogen and oxygen atoms in total. The van der Waals surface area contributed by atoms with Crippen molar-refractivity contribution in [3.8, 4) is 0 Å². The zero-order chi connectivity index (χ0) is 13.0. The molecule has 0 fully saturated rings. The molecule has 1 amide bonds. The van der Waals surface area contributed by atoms with Gasteiger partial charge in [0, 0.05) is 23.9 Å². The molecule has 0 saturated carbocycles. The molecule has 1 atom stereocenters. The van der Waals surface area contributed by atoms with Crippen LogP contribution in [0.2, 0.25) is 0 Å². The second-order valence-electron chi connectivity index (χ2n) is 4.44. The van der Waals surface area contributed by atoms with Gasteiger partial charge in [-0.2, -0.15) is 0 Å². The Morgan fingerprint density at radius 2 is 2.12 bits per heavy atom. The van der Waals surface area contributed by atoms with E-state index in [2.05, 4.69) is 10.3 Å². The van der Waals surface area contributed by atoms with Gasteiger partial charge in [0.25, 0.3) is 5.91 Å². The average molecular weight is 238 g/mol. The quantitative estimate of drug-likeness (QED) is 0.711. The normalized spacial score (nSPS) is 12.5. The molecule has 0 aliphatic carbocycles. The molecule has 0 radical (unpaired) electrons. The largest absolute Gasteiger partial charge is 0.391 e. The van der Waals surface area contributed by atoms with Crippen LogP contribution in [0.25, 0.3) is 0 Å². The highest BCUT2D eigenvalue weighted by molar-refractivity contribution is 5.94. The number of carbonyl (C=O) groups is 1. The van der Waals surface area contributed by atoms with Crippen molar-refractivity contribution in [3.63, 3.8) is 0 Å². The molecule has 0 bridgehead atoms. The second kappa shape index (κ2) is 5.63. The Morgan fingerprint density at radius 1 is 1.47 bits per heavy atom. The van der Waals surface area contributed by atoms with Gasteiger partial charge < -0.3 is 15.4 Å². The first-order valence-corrected chi connectivity index (χ1v) is 5.57. The second-order valence-corrected chi connectivity index (χ2v) is 4.44. The number of aromatic nitrogens is 1. The van der Waals surface area contributed by atoms with E-state index in [9.17, 15) is 14.7 Å². The van der Waals surface area contributed by atoms with E-state index in [1.807, 2.05) is 13.8 Å². The zero-order valence-electron chi connectivity index (χ0n) is 10.3. The maximum absolute atomic E-state index is 11.7. The van der Waals surface area contributed by atoms with Crippen molar-refractivity contribution in [1.82, 2.24) is 10.3 Å². The van der Waals surface area contributed by atoms with Crippen molar-refractivity contribution >= 4 is 5.91 Å². The summed E-state index contributed by atoms with van der Waals surface area (Å²) in [5, 5.41) is 12.1. The number of nitrogens with one attached hydrogen (secondary N) is 2. The summed E-state index contributed by atoms with van der Waals surface area (Å²) in [6.07, 6.45) is -0.581. The minimum Gasteiger partial charge on any atom is -0.391 e. The van der Waals surface area contributed by atoms with Gasteiger partial charge in [-0.05, 0) is 18.9 Å². The van der Waals surface area contributed by atoms with Crippen LogP contribution in [0.1, 0.15) is 29.9 Å². The summed E-state index contributed by atoms with van der Waals surface area (Å²) in [6.45, 7) is 5.63. The van der Waals surface area contributed by atoms with Gasteiger partial charge >= 0.3 is 0 Å². The summed E-state index contributed by atoms with van der Waals surface area (Å²) < 4.78 is 0. The first kappa shape index (κ1) is 13.4. The van der Waals surface area contributed by atoms with Crippen LogP contribution in [-0.4, -0.2) is 28.6 Å². The number of aryl methyl sites for hydroxylation is 1. The molecule has 1 rings (SSSR count). The molecule has 0 aliphatic heterocycles. The van der Waals surface area contributed by atoms with E-state index in [0.29, 0.717) is 11.3 Å². The molecule has 5 heteroatoms. The van der Waals surface area contributed by atoms with Gasteiger partial charge in [0.05, 0.1) is 6.10 Å². The highest BCUT2D eigenvalue weighted by atomic mass is 16.3. The van der Waals surface area contributed by atoms with Crippen molar-refractivity contribution < 1.29 is 9.90 Å². The summed E-state index contributed by atoms with van der Waals surface area (Å²) in [4.78, 5) is 25.4. The van der Waals surface area contributed by atoms with Crippen LogP contribution in [0.5, 0.6) is 0 Å². The van der Waals surface area contributed by atoms with E-state index in [-0.39, 0.29) is 23.9 Å². The monoisotopic (exact) mass is 238 g/mol. The first-order chi connectivity index (χ1) is 7.90. The fraction of sp³-hybridized carbons (Fsp3) is 0.500. The number of aliphatic hydroxyl groups excluding tert-OH is 1. The minimum absolute atomic E-state index is 0.0798. The Labute approximate surface area is 99.9 Å². The summed E-state index contributed by atoms with van der Waals surface area (Å²) in [5.74, 6) is -0.268. The van der Waals surface area contributed by atoms with Crippen LogP contribution in [0.3, 0.4) is 0 Å². The van der Waals surface area contributed by atoms with Gasteiger partial charge in [0.1, 0.15) is 0 Å². The molecule has 1 aromatic heterocycles. The van der Waals surface area contributed by atoms with Crippen LogP contribution in [0.4, 0.5) is 0 Å². The van der Waals surface area contributed by atoms with Crippen molar-refractivity contribution in [2.24, 2.45) is 5.92 Å². The summed E-state index contributed by atoms with van der Waals surface area (Å²) >= 11 is 0. The summed E-state index contributed by atoms with van der Waals surface area (Å²) in [6, 6.07) is 2.84. The summed E-state index contributed by atoms with van der Waals surface area (Å²) in [5.41, 5.74) is 0.633. The maximum atomic E-state index is 11.7. The predicted octanol–water partition coefficient (Wildman–Crippen LogP) is 0.430. The Hall–Kier alpha value is -1.62. The van der Waals surface area contributed by atoms with E-state index in [1.54, 1.807) is 13.0 Å². The number of pyridine rings is 1. The number of amides is 1. The maximum Gasteiger partial charge on any atom is 0.251 e. The number of rotatable bonds is 4. The molecule has 1 aromatic rings. The third-order valence-electron chi connectivity index (χ3n) is 2.48. The van der Waals surface area contributed by atoms with Crippen molar-refractivity contribution in [2.45, 2.75) is 26.9 Å². The smallest absolute Gasteiger partial charge is 0.251 e. The number of carbonyl (C=O) groups excluding carboxylic acids is 1. The zero-order valence-corrected chi connectivity index (χ0v) is 10.3. The molecule has 0 saturated heterocycles. The van der Waals surface area contributed by atoms with Gasteiger partial charge in [0.2, 0.25) is 5.56 Å². The molecular formula is C12H18N2O3. The van der Waals surface area contributed by atoms with Crippen LogP contribution < -0.4 is 10.9 Å². The molecule has 3 N–H and O–H groups in total.